The van der Waals surface area contributed by atoms with Crippen LogP contribution >= 0.6 is 15.9 Å². The molecule has 1 aromatic rings. The zero-order chi connectivity index (χ0) is 13.3. The van der Waals surface area contributed by atoms with E-state index in [0.717, 1.165) is 0 Å². The molecule has 1 aliphatic heterocycles. The number of carbonyl (C=O) groups excluding carboxylic acids is 1. The summed E-state index contributed by atoms with van der Waals surface area (Å²) in [6.45, 7) is 2.39. The molecule has 6 heteroatoms. The first-order valence-corrected chi connectivity index (χ1v) is 6.35. The number of hydrogen-bond acceptors (Lipinski definition) is 3. The summed E-state index contributed by atoms with van der Waals surface area (Å²) < 4.78 is 0.624. The molecule has 1 aliphatic rings. The van der Waals surface area contributed by atoms with E-state index < -0.39 is 11.4 Å². The van der Waals surface area contributed by atoms with Crippen LogP contribution in [0.2, 0.25) is 0 Å². The second-order valence-electron chi connectivity index (χ2n) is 4.70. The Morgan fingerprint density at radius 1 is 1.56 bits per heavy atom. The summed E-state index contributed by atoms with van der Waals surface area (Å²) in [4.78, 5) is 28.9. The van der Waals surface area contributed by atoms with E-state index in [1.54, 1.807) is 30.3 Å². The molecule has 1 atom stereocenters. The van der Waals surface area contributed by atoms with Crippen molar-refractivity contribution in [3.63, 3.8) is 0 Å². The van der Waals surface area contributed by atoms with Crippen molar-refractivity contribution in [2.24, 2.45) is 5.41 Å². The molecule has 1 fully saturated rings. The number of pyridine rings is 1. The molecule has 1 amide bonds. The van der Waals surface area contributed by atoms with Crippen molar-refractivity contribution in [3.05, 3.63) is 28.5 Å². The number of hydrogen-bond donors (Lipinski definition) is 1. The first kappa shape index (κ1) is 13.0. The number of likely N-dealkylation sites (tertiary alicyclic amines) is 1. The lowest BCUT2D eigenvalue weighted by atomic mass is 9.90. The fourth-order valence-electron chi connectivity index (χ4n) is 2.03. The fourth-order valence-corrected chi connectivity index (χ4v) is 2.45. The topological polar surface area (TPSA) is 70.5 Å². The third kappa shape index (κ3) is 2.25. The Morgan fingerprint density at radius 3 is 2.83 bits per heavy atom. The minimum absolute atomic E-state index is 0.158. The lowest BCUT2D eigenvalue weighted by molar-refractivity contribution is -0.147. The highest BCUT2D eigenvalue weighted by Crippen LogP contribution is 2.31. The summed E-state index contributed by atoms with van der Waals surface area (Å²) >= 11 is 3.28. The SMILES string of the molecule is CC1(C(=O)O)CCN(C(=O)c2ccncc2Br)C1. The maximum atomic E-state index is 12.3. The third-order valence-corrected chi connectivity index (χ3v) is 3.91. The van der Waals surface area contributed by atoms with E-state index in [1.807, 2.05) is 0 Å². The Morgan fingerprint density at radius 2 is 2.28 bits per heavy atom. The highest BCUT2D eigenvalue weighted by Gasteiger charge is 2.42. The van der Waals surface area contributed by atoms with E-state index in [-0.39, 0.29) is 12.5 Å². The molecule has 0 spiro atoms. The largest absolute Gasteiger partial charge is 0.481 e. The van der Waals surface area contributed by atoms with E-state index in [0.29, 0.717) is 23.0 Å². The molecule has 0 bridgehead atoms. The first-order valence-electron chi connectivity index (χ1n) is 5.56. The maximum absolute atomic E-state index is 12.3. The van der Waals surface area contributed by atoms with E-state index in [2.05, 4.69) is 20.9 Å². The average molecular weight is 313 g/mol. The van der Waals surface area contributed by atoms with Crippen molar-refractivity contribution in [1.29, 1.82) is 0 Å². The van der Waals surface area contributed by atoms with Crippen molar-refractivity contribution in [2.45, 2.75) is 13.3 Å². The molecule has 0 radical (unpaired) electrons. The molecule has 0 aromatic carbocycles. The minimum atomic E-state index is -0.855. The molecular formula is C12H13BrN2O3. The number of rotatable bonds is 2. The summed E-state index contributed by atoms with van der Waals surface area (Å²) in [5, 5.41) is 9.14. The van der Waals surface area contributed by atoms with E-state index in [1.165, 1.54) is 0 Å². The highest BCUT2D eigenvalue weighted by atomic mass is 79.9. The van der Waals surface area contributed by atoms with E-state index in [9.17, 15) is 9.59 Å². The van der Waals surface area contributed by atoms with Crippen LogP contribution in [-0.4, -0.2) is 40.0 Å². The quantitative estimate of drug-likeness (QED) is 0.903. The van der Waals surface area contributed by atoms with Crippen LogP contribution in [0.5, 0.6) is 0 Å². The van der Waals surface area contributed by atoms with Crippen LogP contribution in [0.3, 0.4) is 0 Å². The van der Waals surface area contributed by atoms with Crippen LogP contribution in [0.1, 0.15) is 23.7 Å². The molecule has 96 valence electrons. The smallest absolute Gasteiger partial charge is 0.311 e. The van der Waals surface area contributed by atoms with Crippen LogP contribution in [0.25, 0.3) is 0 Å². The van der Waals surface area contributed by atoms with Gasteiger partial charge < -0.3 is 10.0 Å². The molecule has 1 saturated heterocycles. The fraction of sp³-hybridized carbons (Fsp3) is 0.417. The van der Waals surface area contributed by atoms with Crippen LogP contribution in [0, 0.1) is 5.41 Å². The lowest BCUT2D eigenvalue weighted by Crippen LogP contribution is -2.35. The van der Waals surface area contributed by atoms with Gasteiger partial charge >= 0.3 is 5.97 Å². The number of aromatic nitrogens is 1. The van der Waals surface area contributed by atoms with Crippen molar-refractivity contribution >= 4 is 27.8 Å². The number of carboxylic acid groups (broad SMARTS) is 1. The van der Waals surface area contributed by atoms with Gasteiger partial charge in [-0.25, -0.2) is 0 Å². The summed E-state index contributed by atoms with van der Waals surface area (Å²) in [7, 11) is 0. The zero-order valence-electron chi connectivity index (χ0n) is 9.89. The molecule has 1 unspecified atom stereocenters. The monoisotopic (exact) mass is 312 g/mol. The molecule has 1 N–H and O–H groups in total. The van der Waals surface area contributed by atoms with Crippen molar-refractivity contribution in [3.8, 4) is 0 Å². The number of carboxylic acids is 1. The summed E-state index contributed by atoms with van der Waals surface area (Å²) in [5.74, 6) is -1.01. The van der Waals surface area contributed by atoms with Crippen molar-refractivity contribution in [1.82, 2.24) is 9.88 Å². The predicted molar refractivity (Wildman–Crippen MR) is 68.2 cm³/mol. The molecule has 1 aromatic heterocycles. The molecular weight excluding hydrogens is 300 g/mol. The molecule has 0 saturated carbocycles. The number of carbonyl (C=O) groups is 2. The van der Waals surface area contributed by atoms with Crippen molar-refractivity contribution in [2.75, 3.05) is 13.1 Å². The lowest BCUT2D eigenvalue weighted by Gasteiger charge is -2.20. The normalized spacial score (nSPS) is 23.1. The minimum Gasteiger partial charge on any atom is -0.481 e. The van der Waals surface area contributed by atoms with Crippen LogP contribution in [0.15, 0.2) is 22.9 Å². The number of amides is 1. The van der Waals surface area contributed by atoms with Gasteiger partial charge in [-0.1, -0.05) is 0 Å². The predicted octanol–water partition coefficient (Wildman–Crippen LogP) is 1.78. The Hall–Kier alpha value is -1.43. The Labute approximate surface area is 113 Å². The summed E-state index contributed by atoms with van der Waals surface area (Å²) in [5.41, 5.74) is -0.325. The van der Waals surface area contributed by atoms with Gasteiger partial charge in [0.15, 0.2) is 0 Å². The highest BCUT2D eigenvalue weighted by molar-refractivity contribution is 9.10. The molecule has 0 aliphatic carbocycles. The van der Waals surface area contributed by atoms with E-state index >= 15 is 0 Å². The van der Waals surface area contributed by atoms with Gasteiger partial charge in [0.1, 0.15) is 0 Å². The number of halogens is 1. The number of nitrogens with zero attached hydrogens (tertiary/aromatic N) is 2. The second kappa shape index (κ2) is 4.68. The Bertz CT molecular complexity index is 506. The molecule has 2 rings (SSSR count). The Kier molecular flexibility index (Phi) is 3.38. The van der Waals surface area contributed by atoms with Gasteiger partial charge in [-0.15, -0.1) is 0 Å². The molecule has 2 heterocycles. The molecule has 18 heavy (non-hydrogen) atoms. The zero-order valence-corrected chi connectivity index (χ0v) is 11.5. The first-order chi connectivity index (χ1) is 8.44. The van der Waals surface area contributed by atoms with Gasteiger partial charge in [0.25, 0.3) is 5.91 Å². The second-order valence-corrected chi connectivity index (χ2v) is 5.55. The van der Waals surface area contributed by atoms with Gasteiger partial charge in [0, 0.05) is 30.0 Å². The maximum Gasteiger partial charge on any atom is 0.311 e. The summed E-state index contributed by atoms with van der Waals surface area (Å²) in [6.07, 6.45) is 3.58. The molecule has 5 nitrogen and oxygen atoms in total. The number of aliphatic carboxylic acids is 1. The van der Waals surface area contributed by atoms with Crippen LogP contribution < -0.4 is 0 Å². The van der Waals surface area contributed by atoms with Gasteiger partial charge in [-0.3, -0.25) is 14.6 Å². The van der Waals surface area contributed by atoms with Gasteiger partial charge in [0.05, 0.1) is 11.0 Å². The van der Waals surface area contributed by atoms with E-state index in [4.69, 9.17) is 5.11 Å². The van der Waals surface area contributed by atoms with Crippen molar-refractivity contribution < 1.29 is 14.7 Å². The van der Waals surface area contributed by atoms with Gasteiger partial charge in [0.2, 0.25) is 0 Å². The summed E-state index contributed by atoms with van der Waals surface area (Å²) in [6, 6.07) is 1.63. The average Bonchev–Trinajstić information content (AvgIpc) is 2.73. The van der Waals surface area contributed by atoms with Gasteiger partial charge in [-0.2, -0.15) is 0 Å². The van der Waals surface area contributed by atoms with Crippen LogP contribution in [-0.2, 0) is 4.79 Å². The third-order valence-electron chi connectivity index (χ3n) is 3.28. The standard InChI is InChI=1S/C12H13BrN2O3/c1-12(11(17)18)3-5-15(7-12)10(16)8-2-4-14-6-9(8)13/h2,4,6H,3,5,7H2,1H3,(H,17,18). The van der Waals surface area contributed by atoms with Gasteiger partial charge in [-0.05, 0) is 35.3 Å². The van der Waals surface area contributed by atoms with Crippen LogP contribution in [0.4, 0.5) is 0 Å². The Balaban J connectivity index is 2.18.